The van der Waals surface area contributed by atoms with Gasteiger partial charge in [0.25, 0.3) is 5.91 Å². The fourth-order valence-corrected chi connectivity index (χ4v) is 3.31. The molecule has 1 aliphatic rings. The van der Waals surface area contributed by atoms with Crippen LogP contribution in [0.4, 0.5) is 0 Å². The highest BCUT2D eigenvalue weighted by molar-refractivity contribution is 5.96. The van der Waals surface area contributed by atoms with E-state index >= 15 is 0 Å². The Hall–Kier alpha value is -2.29. The molecule has 1 unspecified atom stereocenters. The standard InChI is InChI=1S/C19H21NO2/c1-19(15-8-3-2-4-9-15)12-7-13-20(14-19)18(22)16-10-5-6-11-17(16)21/h2-6,8-11,21H,7,12-14H2,1H3. The average Bonchev–Trinajstić information content (AvgIpc) is 2.56. The van der Waals surface area contributed by atoms with Gasteiger partial charge >= 0.3 is 0 Å². The van der Waals surface area contributed by atoms with Crippen molar-refractivity contribution in [1.82, 2.24) is 4.90 Å². The molecule has 1 saturated heterocycles. The monoisotopic (exact) mass is 295 g/mol. The smallest absolute Gasteiger partial charge is 0.257 e. The van der Waals surface area contributed by atoms with E-state index in [2.05, 4.69) is 19.1 Å². The minimum atomic E-state index is -0.0834. The van der Waals surface area contributed by atoms with Gasteiger partial charge in [-0.15, -0.1) is 0 Å². The van der Waals surface area contributed by atoms with Crippen molar-refractivity contribution in [1.29, 1.82) is 0 Å². The average molecular weight is 295 g/mol. The molecule has 2 aromatic carbocycles. The second-order valence-corrected chi connectivity index (χ2v) is 6.27. The van der Waals surface area contributed by atoms with Crippen molar-refractivity contribution in [3.63, 3.8) is 0 Å². The minimum Gasteiger partial charge on any atom is -0.507 e. The summed E-state index contributed by atoms with van der Waals surface area (Å²) in [5, 5.41) is 9.91. The minimum absolute atomic E-state index is 0.0282. The first-order valence-electron chi connectivity index (χ1n) is 7.73. The van der Waals surface area contributed by atoms with Crippen molar-refractivity contribution >= 4 is 5.91 Å². The molecule has 114 valence electrons. The molecular weight excluding hydrogens is 274 g/mol. The van der Waals surface area contributed by atoms with Crippen LogP contribution in [0.15, 0.2) is 54.6 Å². The fourth-order valence-electron chi connectivity index (χ4n) is 3.31. The number of aromatic hydroxyl groups is 1. The van der Waals surface area contributed by atoms with Gasteiger partial charge in [-0.1, -0.05) is 49.4 Å². The zero-order valence-corrected chi connectivity index (χ0v) is 12.8. The highest BCUT2D eigenvalue weighted by Gasteiger charge is 2.35. The van der Waals surface area contributed by atoms with E-state index in [0.29, 0.717) is 12.1 Å². The molecule has 1 amide bonds. The quantitative estimate of drug-likeness (QED) is 0.920. The third-order valence-electron chi connectivity index (χ3n) is 4.59. The predicted molar refractivity (Wildman–Crippen MR) is 87.0 cm³/mol. The Morgan fingerprint density at radius 1 is 1.09 bits per heavy atom. The lowest BCUT2D eigenvalue weighted by Crippen LogP contribution is -2.47. The number of nitrogens with zero attached hydrogens (tertiary/aromatic N) is 1. The molecule has 1 N–H and O–H groups in total. The van der Waals surface area contributed by atoms with Crippen LogP contribution >= 0.6 is 0 Å². The van der Waals surface area contributed by atoms with Crippen molar-refractivity contribution in [3.8, 4) is 5.75 Å². The van der Waals surface area contributed by atoms with Crippen LogP contribution < -0.4 is 0 Å². The summed E-state index contributed by atoms with van der Waals surface area (Å²) in [5.41, 5.74) is 1.63. The normalized spacial score (nSPS) is 21.6. The lowest BCUT2D eigenvalue weighted by molar-refractivity contribution is 0.0648. The van der Waals surface area contributed by atoms with E-state index < -0.39 is 0 Å². The van der Waals surface area contributed by atoms with Gasteiger partial charge in [0.1, 0.15) is 5.75 Å². The second-order valence-electron chi connectivity index (χ2n) is 6.27. The van der Waals surface area contributed by atoms with Crippen LogP contribution in [0.3, 0.4) is 0 Å². The van der Waals surface area contributed by atoms with Gasteiger partial charge < -0.3 is 10.0 Å². The van der Waals surface area contributed by atoms with Crippen LogP contribution in [0.1, 0.15) is 35.7 Å². The molecule has 0 bridgehead atoms. The van der Waals surface area contributed by atoms with Crippen LogP contribution in [-0.2, 0) is 5.41 Å². The maximum atomic E-state index is 12.7. The number of amides is 1. The van der Waals surface area contributed by atoms with Gasteiger partial charge in [0.05, 0.1) is 5.56 Å². The molecule has 0 saturated carbocycles. The number of carbonyl (C=O) groups is 1. The molecule has 0 aromatic heterocycles. The van der Waals surface area contributed by atoms with Gasteiger partial charge in [0.2, 0.25) is 0 Å². The number of hydrogen-bond acceptors (Lipinski definition) is 2. The number of benzene rings is 2. The molecule has 1 heterocycles. The second kappa shape index (κ2) is 5.84. The van der Waals surface area contributed by atoms with Crippen molar-refractivity contribution in [2.24, 2.45) is 0 Å². The highest BCUT2D eigenvalue weighted by atomic mass is 16.3. The fraction of sp³-hybridized carbons (Fsp3) is 0.316. The molecule has 0 spiro atoms. The number of para-hydroxylation sites is 1. The molecule has 0 radical (unpaired) electrons. The summed E-state index contributed by atoms with van der Waals surface area (Å²) in [7, 11) is 0. The number of likely N-dealkylation sites (tertiary alicyclic amines) is 1. The van der Waals surface area contributed by atoms with Crippen molar-refractivity contribution < 1.29 is 9.90 Å². The van der Waals surface area contributed by atoms with Gasteiger partial charge in [-0.25, -0.2) is 0 Å². The van der Waals surface area contributed by atoms with Gasteiger partial charge in [0.15, 0.2) is 0 Å². The summed E-state index contributed by atoms with van der Waals surface area (Å²) in [5.74, 6) is -0.0283. The molecular formula is C19H21NO2. The van der Waals surface area contributed by atoms with Crippen LogP contribution in [-0.4, -0.2) is 29.0 Å². The Kier molecular flexibility index (Phi) is 3.88. The molecule has 1 fully saturated rings. The number of carbonyl (C=O) groups excluding carboxylic acids is 1. The van der Waals surface area contributed by atoms with Crippen LogP contribution in [0.5, 0.6) is 5.75 Å². The summed E-state index contributed by atoms with van der Waals surface area (Å²) >= 11 is 0. The summed E-state index contributed by atoms with van der Waals surface area (Å²) in [6.07, 6.45) is 2.05. The Labute approximate surface area is 131 Å². The molecule has 3 nitrogen and oxygen atoms in total. The predicted octanol–water partition coefficient (Wildman–Crippen LogP) is 3.59. The van der Waals surface area contributed by atoms with Crippen molar-refractivity contribution in [3.05, 3.63) is 65.7 Å². The largest absolute Gasteiger partial charge is 0.507 e. The van der Waals surface area contributed by atoms with Crippen LogP contribution in [0.2, 0.25) is 0 Å². The zero-order valence-electron chi connectivity index (χ0n) is 12.8. The number of hydrogen-bond donors (Lipinski definition) is 1. The molecule has 0 aliphatic carbocycles. The number of phenols is 1. The third kappa shape index (κ3) is 2.71. The number of rotatable bonds is 2. The third-order valence-corrected chi connectivity index (χ3v) is 4.59. The molecule has 3 rings (SSSR count). The Balaban J connectivity index is 1.85. The van der Waals surface area contributed by atoms with Crippen LogP contribution in [0, 0.1) is 0 Å². The lowest BCUT2D eigenvalue weighted by atomic mass is 9.76. The summed E-state index contributed by atoms with van der Waals surface area (Å²) < 4.78 is 0. The topological polar surface area (TPSA) is 40.5 Å². The Morgan fingerprint density at radius 3 is 2.50 bits per heavy atom. The van der Waals surface area contributed by atoms with Gasteiger partial charge in [-0.05, 0) is 30.5 Å². The molecule has 3 heteroatoms. The number of phenolic OH excluding ortho intramolecular Hbond substituents is 1. The van der Waals surface area contributed by atoms with E-state index in [1.165, 1.54) is 5.56 Å². The summed E-state index contributed by atoms with van der Waals surface area (Å²) in [6, 6.07) is 17.1. The van der Waals surface area contributed by atoms with Crippen molar-refractivity contribution in [2.75, 3.05) is 13.1 Å². The SMILES string of the molecule is CC1(c2ccccc2)CCCN(C(=O)c2ccccc2O)C1. The highest BCUT2D eigenvalue weighted by Crippen LogP contribution is 2.34. The Morgan fingerprint density at radius 2 is 1.77 bits per heavy atom. The first kappa shape index (κ1) is 14.6. The van der Waals surface area contributed by atoms with E-state index in [9.17, 15) is 9.90 Å². The molecule has 2 aromatic rings. The maximum absolute atomic E-state index is 12.7. The summed E-state index contributed by atoms with van der Waals surface area (Å²) in [6.45, 7) is 3.65. The first-order chi connectivity index (χ1) is 10.6. The van der Waals surface area contributed by atoms with E-state index in [0.717, 1.165) is 19.4 Å². The maximum Gasteiger partial charge on any atom is 0.257 e. The Bertz CT molecular complexity index is 668. The molecule has 1 aliphatic heterocycles. The van der Waals surface area contributed by atoms with E-state index in [1.807, 2.05) is 23.1 Å². The molecule has 1 atom stereocenters. The van der Waals surface area contributed by atoms with Crippen LogP contribution in [0.25, 0.3) is 0 Å². The van der Waals surface area contributed by atoms with E-state index in [-0.39, 0.29) is 17.1 Å². The van der Waals surface area contributed by atoms with Crippen molar-refractivity contribution in [2.45, 2.75) is 25.2 Å². The summed E-state index contributed by atoms with van der Waals surface area (Å²) in [4.78, 5) is 14.6. The first-order valence-corrected chi connectivity index (χ1v) is 7.73. The van der Waals surface area contributed by atoms with Gasteiger partial charge in [-0.3, -0.25) is 4.79 Å². The lowest BCUT2D eigenvalue weighted by Gasteiger charge is -2.41. The zero-order chi connectivity index (χ0) is 15.6. The molecule has 22 heavy (non-hydrogen) atoms. The van der Waals surface area contributed by atoms with E-state index in [1.54, 1.807) is 24.3 Å². The number of piperidine rings is 1. The van der Waals surface area contributed by atoms with Gasteiger partial charge in [-0.2, -0.15) is 0 Å². The van der Waals surface area contributed by atoms with E-state index in [4.69, 9.17) is 0 Å². The van der Waals surface area contributed by atoms with Gasteiger partial charge in [0, 0.05) is 18.5 Å².